The van der Waals surface area contributed by atoms with Gasteiger partial charge < -0.3 is 4.57 Å². The molecule has 10 nitrogen and oxygen atoms in total. The van der Waals surface area contributed by atoms with Crippen molar-refractivity contribution in [2.75, 3.05) is 0 Å². The van der Waals surface area contributed by atoms with Crippen LogP contribution in [0.5, 0.6) is 0 Å². The van der Waals surface area contributed by atoms with Crippen molar-refractivity contribution in [1.29, 1.82) is 0 Å². The van der Waals surface area contributed by atoms with E-state index in [0.717, 1.165) is 27.8 Å². The van der Waals surface area contributed by atoms with Crippen molar-refractivity contribution in [3.8, 4) is 28.2 Å². The number of tetrazole rings is 1. The number of para-hydroxylation sites is 1. The fraction of sp³-hybridized carbons (Fsp3) is 0.118. The van der Waals surface area contributed by atoms with Gasteiger partial charge in [0.1, 0.15) is 5.82 Å². The number of aromatic amines is 1. The van der Waals surface area contributed by atoms with Crippen LogP contribution in [0.15, 0.2) is 119 Å². The van der Waals surface area contributed by atoms with Crippen LogP contribution < -0.4 is 11.2 Å². The lowest BCUT2D eigenvalue weighted by molar-refractivity contribution is 0.596. The maximum Gasteiger partial charge on any atom is 0.337 e. The van der Waals surface area contributed by atoms with E-state index in [-0.39, 0.29) is 6.04 Å². The zero-order valence-electron chi connectivity index (χ0n) is 24.1. The Labute approximate surface area is 251 Å². The van der Waals surface area contributed by atoms with Crippen LogP contribution in [0.4, 0.5) is 0 Å². The first-order valence-electron chi connectivity index (χ1n) is 14.3. The number of fused-ring (bicyclic) bond motifs is 1. The Hall–Kier alpha value is -5.90. The quantitative estimate of drug-likeness (QED) is 0.278. The van der Waals surface area contributed by atoms with E-state index in [1.165, 1.54) is 4.57 Å². The van der Waals surface area contributed by atoms with Gasteiger partial charge in [-0.3, -0.25) is 9.36 Å². The minimum absolute atomic E-state index is 0.358. The molecular formula is C34H28N8O2. The van der Waals surface area contributed by atoms with E-state index in [1.807, 2.05) is 115 Å². The summed E-state index contributed by atoms with van der Waals surface area (Å²) in [5.74, 6) is 1.24. The number of hydrogen-bond acceptors (Lipinski definition) is 6. The topological polar surface area (TPSA) is 116 Å². The number of H-pyrrole nitrogens is 1. The number of rotatable bonds is 7. The van der Waals surface area contributed by atoms with Gasteiger partial charge in [0, 0.05) is 12.1 Å². The van der Waals surface area contributed by atoms with E-state index in [9.17, 15) is 9.59 Å². The highest BCUT2D eigenvalue weighted by Gasteiger charge is 2.24. The number of benzene rings is 4. The Balaban J connectivity index is 1.35. The van der Waals surface area contributed by atoms with Gasteiger partial charge in [0.15, 0.2) is 17.0 Å². The summed E-state index contributed by atoms with van der Waals surface area (Å²) in [6, 6.07) is 34.5. The molecule has 3 heterocycles. The van der Waals surface area contributed by atoms with Crippen LogP contribution in [0.2, 0.25) is 0 Å². The van der Waals surface area contributed by atoms with Crippen molar-refractivity contribution in [2.45, 2.75) is 26.4 Å². The summed E-state index contributed by atoms with van der Waals surface area (Å²) in [4.78, 5) is 33.0. The van der Waals surface area contributed by atoms with Crippen LogP contribution in [0.3, 0.4) is 0 Å². The van der Waals surface area contributed by atoms with E-state index in [1.54, 1.807) is 16.7 Å². The van der Waals surface area contributed by atoms with Crippen molar-refractivity contribution >= 4 is 11.2 Å². The summed E-state index contributed by atoms with van der Waals surface area (Å²) in [5.41, 5.74) is 5.24. The predicted molar refractivity (Wildman–Crippen MR) is 169 cm³/mol. The first kappa shape index (κ1) is 27.0. The molecule has 44 heavy (non-hydrogen) atoms. The van der Waals surface area contributed by atoms with Gasteiger partial charge >= 0.3 is 5.69 Å². The molecule has 0 radical (unpaired) electrons. The molecule has 0 bridgehead atoms. The Bertz CT molecular complexity index is 2200. The van der Waals surface area contributed by atoms with Crippen molar-refractivity contribution in [1.82, 2.24) is 39.3 Å². The average molecular weight is 581 g/mol. The maximum atomic E-state index is 14.1. The molecular weight excluding hydrogens is 552 g/mol. The van der Waals surface area contributed by atoms with Gasteiger partial charge in [-0.15, -0.1) is 5.10 Å². The molecule has 7 aromatic rings. The summed E-state index contributed by atoms with van der Waals surface area (Å²) in [6.45, 7) is 4.22. The molecule has 1 unspecified atom stereocenters. The van der Waals surface area contributed by atoms with Crippen molar-refractivity contribution in [2.24, 2.45) is 0 Å². The number of nitrogens with zero attached hydrogens (tertiary/aromatic N) is 7. The highest BCUT2D eigenvalue weighted by atomic mass is 16.2. The van der Waals surface area contributed by atoms with Crippen LogP contribution >= 0.6 is 0 Å². The molecule has 0 spiro atoms. The fourth-order valence-corrected chi connectivity index (χ4v) is 5.73. The Morgan fingerprint density at radius 2 is 1.45 bits per heavy atom. The van der Waals surface area contributed by atoms with Gasteiger partial charge in [0.05, 0.1) is 11.7 Å². The molecule has 4 aromatic carbocycles. The smallest absolute Gasteiger partial charge is 0.318 e. The van der Waals surface area contributed by atoms with E-state index < -0.39 is 11.2 Å². The van der Waals surface area contributed by atoms with Crippen LogP contribution in [0.25, 0.3) is 39.4 Å². The largest absolute Gasteiger partial charge is 0.337 e. The van der Waals surface area contributed by atoms with Gasteiger partial charge in [-0.05, 0) is 58.7 Å². The van der Waals surface area contributed by atoms with E-state index in [4.69, 9.17) is 4.98 Å². The second-order valence-electron chi connectivity index (χ2n) is 10.6. The van der Waals surface area contributed by atoms with Gasteiger partial charge in [-0.2, -0.15) is 0 Å². The summed E-state index contributed by atoms with van der Waals surface area (Å²) in [6.07, 6.45) is 0. The molecule has 0 aliphatic heterocycles. The first-order valence-corrected chi connectivity index (χ1v) is 14.3. The van der Waals surface area contributed by atoms with E-state index in [0.29, 0.717) is 35.0 Å². The number of nitrogens with one attached hydrogen (secondary N) is 1. The van der Waals surface area contributed by atoms with Crippen molar-refractivity contribution in [3.63, 3.8) is 0 Å². The zero-order chi connectivity index (χ0) is 30.2. The van der Waals surface area contributed by atoms with Gasteiger partial charge in [-0.1, -0.05) is 97.1 Å². The van der Waals surface area contributed by atoms with Gasteiger partial charge in [-0.25, -0.2) is 19.4 Å². The first-order chi connectivity index (χ1) is 21.5. The van der Waals surface area contributed by atoms with Crippen molar-refractivity contribution in [3.05, 3.63) is 147 Å². The third kappa shape index (κ3) is 4.62. The molecule has 7 rings (SSSR count). The molecule has 0 fully saturated rings. The number of imidazole rings is 1. The lowest BCUT2D eigenvalue weighted by atomic mass is 9.98. The number of hydrogen-bond donors (Lipinski definition) is 1. The number of aromatic nitrogens is 8. The third-order valence-corrected chi connectivity index (χ3v) is 7.99. The summed E-state index contributed by atoms with van der Waals surface area (Å²) in [7, 11) is 0. The van der Waals surface area contributed by atoms with Crippen LogP contribution in [-0.2, 0) is 6.54 Å². The van der Waals surface area contributed by atoms with Crippen LogP contribution in [-0.4, -0.2) is 39.3 Å². The van der Waals surface area contributed by atoms with Crippen molar-refractivity contribution < 1.29 is 0 Å². The van der Waals surface area contributed by atoms with Gasteiger partial charge in [0.25, 0.3) is 5.56 Å². The highest BCUT2D eigenvalue weighted by Crippen LogP contribution is 2.30. The normalized spacial score (nSPS) is 12.0. The van der Waals surface area contributed by atoms with E-state index >= 15 is 0 Å². The maximum absolute atomic E-state index is 14.1. The fourth-order valence-electron chi connectivity index (χ4n) is 5.73. The standard InChI is InChI=1S/C34H28N8O2/c1-22(25-11-5-3-6-12-25)41-32-30(33(43)42(34(41)44)27-13-7-4-8-14-27)40(23(2)35-32)21-24-17-19-26(20-18-24)28-15-9-10-16-29(28)31-36-38-39-37-31/h3-20,22H,21H2,1-2H3,(H,36,37,38,39). The minimum Gasteiger partial charge on any atom is -0.318 e. The lowest BCUT2D eigenvalue weighted by Crippen LogP contribution is -2.40. The molecule has 0 aliphatic carbocycles. The molecule has 0 saturated carbocycles. The molecule has 0 saturated heterocycles. The Morgan fingerprint density at radius 1 is 0.795 bits per heavy atom. The number of aryl methyl sites for hydroxylation is 1. The lowest BCUT2D eigenvalue weighted by Gasteiger charge is -2.18. The molecule has 0 aliphatic rings. The van der Waals surface area contributed by atoms with E-state index in [2.05, 4.69) is 20.6 Å². The monoisotopic (exact) mass is 580 g/mol. The SMILES string of the molecule is Cc1nc2c(c(=O)n(-c3ccccc3)c(=O)n2C(C)c2ccccc2)n1Cc1ccc(-c2ccccc2-c2nnn[nH]2)cc1. The van der Waals surface area contributed by atoms with Crippen LogP contribution in [0, 0.1) is 6.92 Å². The molecule has 216 valence electrons. The second kappa shape index (κ2) is 11.1. The van der Waals surface area contributed by atoms with Gasteiger partial charge in [0.2, 0.25) is 0 Å². The molecule has 10 heteroatoms. The minimum atomic E-state index is -0.431. The summed E-state index contributed by atoms with van der Waals surface area (Å²) >= 11 is 0. The molecule has 0 amide bonds. The average Bonchev–Trinajstić information content (AvgIpc) is 3.71. The summed E-state index contributed by atoms with van der Waals surface area (Å²) < 4.78 is 4.77. The second-order valence-corrected chi connectivity index (χ2v) is 10.6. The predicted octanol–water partition coefficient (Wildman–Crippen LogP) is 5.16. The Morgan fingerprint density at radius 3 is 2.14 bits per heavy atom. The summed E-state index contributed by atoms with van der Waals surface area (Å²) in [5, 5.41) is 14.3. The Kier molecular flexibility index (Phi) is 6.78. The third-order valence-electron chi connectivity index (χ3n) is 7.99. The molecule has 1 atom stereocenters. The molecule has 3 aromatic heterocycles. The zero-order valence-corrected chi connectivity index (χ0v) is 24.1. The highest BCUT2D eigenvalue weighted by molar-refractivity contribution is 5.80. The van der Waals surface area contributed by atoms with Crippen LogP contribution in [0.1, 0.15) is 29.9 Å². The molecule has 1 N–H and O–H groups in total.